The number of aromatic nitrogens is 1. The SMILES string of the molecule is COc1ccc(N2CCN(C(=O)c3cncc(NCCN(C)C)c3)CC2)cc1. The van der Waals surface area contributed by atoms with Crippen LogP contribution >= 0.6 is 0 Å². The van der Waals surface area contributed by atoms with Gasteiger partial charge in [0.05, 0.1) is 18.4 Å². The van der Waals surface area contributed by atoms with E-state index < -0.39 is 0 Å². The number of amides is 1. The lowest BCUT2D eigenvalue weighted by atomic mass is 10.2. The minimum Gasteiger partial charge on any atom is -0.497 e. The highest BCUT2D eigenvalue weighted by molar-refractivity contribution is 5.95. The van der Waals surface area contributed by atoms with Crippen molar-refractivity contribution in [2.24, 2.45) is 0 Å². The van der Waals surface area contributed by atoms with Crippen molar-refractivity contribution >= 4 is 17.3 Å². The second-order valence-corrected chi connectivity index (χ2v) is 7.17. The summed E-state index contributed by atoms with van der Waals surface area (Å²) in [6.45, 7) is 4.75. The maximum Gasteiger partial charge on any atom is 0.255 e. The van der Waals surface area contributed by atoms with E-state index in [-0.39, 0.29) is 5.91 Å². The number of carbonyl (C=O) groups excluding carboxylic acids is 1. The van der Waals surface area contributed by atoms with Gasteiger partial charge in [0.2, 0.25) is 0 Å². The summed E-state index contributed by atoms with van der Waals surface area (Å²) in [6, 6.07) is 9.94. The number of nitrogens with zero attached hydrogens (tertiary/aromatic N) is 4. The van der Waals surface area contributed by atoms with Gasteiger partial charge >= 0.3 is 0 Å². The van der Waals surface area contributed by atoms with Crippen LogP contribution in [-0.4, -0.2) is 81.2 Å². The number of nitrogens with one attached hydrogen (secondary N) is 1. The van der Waals surface area contributed by atoms with Crippen molar-refractivity contribution in [3.05, 3.63) is 48.3 Å². The largest absolute Gasteiger partial charge is 0.497 e. The standard InChI is InChI=1S/C21H29N5O2/c1-24(2)9-8-23-18-14-17(15-22-16-18)21(27)26-12-10-25(11-13-26)19-4-6-20(28-3)7-5-19/h4-7,14-16,23H,8-13H2,1-3H3. The Hall–Kier alpha value is -2.80. The van der Waals surface area contributed by atoms with Crippen molar-refractivity contribution in [1.29, 1.82) is 0 Å². The monoisotopic (exact) mass is 383 g/mol. The van der Waals surface area contributed by atoms with Crippen LogP contribution in [0.4, 0.5) is 11.4 Å². The van der Waals surface area contributed by atoms with Crippen LogP contribution < -0.4 is 15.0 Å². The van der Waals surface area contributed by atoms with E-state index in [1.807, 2.05) is 37.2 Å². The van der Waals surface area contributed by atoms with Crippen LogP contribution in [0, 0.1) is 0 Å². The number of methoxy groups -OCH3 is 1. The van der Waals surface area contributed by atoms with Crippen molar-refractivity contribution in [2.75, 3.05) is 70.7 Å². The zero-order valence-electron chi connectivity index (χ0n) is 16.9. The maximum atomic E-state index is 12.9. The van der Waals surface area contributed by atoms with Gasteiger partial charge in [0.1, 0.15) is 5.75 Å². The molecule has 0 unspecified atom stereocenters. The molecule has 1 aromatic carbocycles. The van der Waals surface area contributed by atoms with Crippen molar-refractivity contribution < 1.29 is 9.53 Å². The first-order chi connectivity index (χ1) is 13.6. The third-order valence-corrected chi connectivity index (χ3v) is 4.88. The number of ether oxygens (including phenoxy) is 1. The Morgan fingerprint density at radius 1 is 1.14 bits per heavy atom. The second kappa shape index (κ2) is 9.41. The molecule has 1 aliphatic heterocycles. The molecule has 7 nitrogen and oxygen atoms in total. The number of pyridine rings is 1. The Bertz CT molecular complexity index is 771. The van der Waals surface area contributed by atoms with E-state index in [1.54, 1.807) is 19.5 Å². The van der Waals surface area contributed by atoms with E-state index in [4.69, 9.17) is 4.74 Å². The molecule has 1 aromatic heterocycles. The first kappa shape index (κ1) is 19.9. The molecule has 7 heteroatoms. The molecule has 1 saturated heterocycles. The summed E-state index contributed by atoms with van der Waals surface area (Å²) in [4.78, 5) is 23.4. The molecule has 0 bridgehead atoms. The molecule has 1 aliphatic rings. The quantitative estimate of drug-likeness (QED) is 0.789. The van der Waals surface area contributed by atoms with E-state index in [2.05, 4.69) is 32.2 Å². The lowest BCUT2D eigenvalue weighted by Gasteiger charge is -2.36. The zero-order valence-corrected chi connectivity index (χ0v) is 16.9. The Kier molecular flexibility index (Phi) is 6.71. The number of carbonyl (C=O) groups is 1. The van der Waals surface area contributed by atoms with Gasteiger partial charge in [-0.1, -0.05) is 0 Å². The fourth-order valence-corrected chi connectivity index (χ4v) is 3.22. The predicted molar refractivity (Wildman–Crippen MR) is 112 cm³/mol. The number of piperazine rings is 1. The topological polar surface area (TPSA) is 60.9 Å². The van der Waals surface area contributed by atoms with Crippen LogP contribution in [-0.2, 0) is 0 Å². The first-order valence-corrected chi connectivity index (χ1v) is 9.59. The van der Waals surface area contributed by atoms with E-state index in [0.29, 0.717) is 18.7 Å². The second-order valence-electron chi connectivity index (χ2n) is 7.17. The van der Waals surface area contributed by atoms with Crippen molar-refractivity contribution in [3.63, 3.8) is 0 Å². The van der Waals surface area contributed by atoms with Gasteiger partial charge in [-0.05, 0) is 44.4 Å². The van der Waals surface area contributed by atoms with Gasteiger partial charge in [0.15, 0.2) is 0 Å². The smallest absolute Gasteiger partial charge is 0.255 e. The zero-order chi connectivity index (χ0) is 19.9. The fraction of sp³-hybridized carbons (Fsp3) is 0.429. The number of benzene rings is 1. The van der Waals surface area contributed by atoms with Gasteiger partial charge < -0.3 is 24.8 Å². The number of likely N-dealkylation sites (N-methyl/N-ethyl adjacent to an activating group) is 1. The van der Waals surface area contributed by atoms with Crippen LogP contribution in [0.2, 0.25) is 0 Å². The van der Waals surface area contributed by atoms with Gasteiger partial charge in [-0.2, -0.15) is 0 Å². The van der Waals surface area contributed by atoms with Crippen molar-refractivity contribution in [2.45, 2.75) is 0 Å². The highest BCUT2D eigenvalue weighted by Crippen LogP contribution is 2.21. The minimum absolute atomic E-state index is 0.0399. The van der Waals surface area contributed by atoms with Gasteiger partial charge in [0.25, 0.3) is 5.91 Å². The van der Waals surface area contributed by atoms with Gasteiger partial charge in [-0.15, -0.1) is 0 Å². The first-order valence-electron chi connectivity index (χ1n) is 9.59. The average Bonchev–Trinajstić information content (AvgIpc) is 2.73. The average molecular weight is 383 g/mol. The number of hydrogen-bond donors (Lipinski definition) is 1. The molecule has 3 rings (SSSR count). The molecule has 0 saturated carbocycles. The Morgan fingerprint density at radius 3 is 2.50 bits per heavy atom. The van der Waals surface area contributed by atoms with E-state index in [9.17, 15) is 4.79 Å². The third kappa shape index (κ3) is 5.13. The molecule has 0 radical (unpaired) electrons. The normalized spacial score (nSPS) is 14.3. The molecule has 0 atom stereocenters. The molecule has 0 spiro atoms. The van der Waals surface area contributed by atoms with Crippen LogP contribution in [0.1, 0.15) is 10.4 Å². The summed E-state index contributed by atoms with van der Waals surface area (Å²) in [6.07, 6.45) is 3.41. The molecule has 1 fully saturated rings. The summed E-state index contributed by atoms with van der Waals surface area (Å²) in [5, 5.41) is 3.32. The molecule has 2 heterocycles. The molecule has 1 amide bonds. The van der Waals surface area contributed by atoms with Crippen LogP contribution in [0.25, 0.3) is 0 Å². The fourth-order valence-electron chi connectivity index (χ4n) is 3.22. The summed E-state index contributed by atoms with van der Waals surface area (Å²) in [7, 11) is 5.73. The third-order valence-electron chi connectivity index (χ3n) is 4.88. The van der Waals surface area contributed by atoms with E-state index >= 15 is 0 Å². The highest BCUT2D eigenvalue weighted by atomic mass is 16.5. The molecular formula is C21H29N5O2. The molecule has 0 aliphatic carbocycles. The minimum atomic E-state index is 0.0399. The van der Waals surface area contributed by atoms with Crippen molar-refractivity contribution in [3.8, 4) is 5.75 Å². The number of rotatable bonds is 7. The van der Waals surface area contributed by atoms with Crippen LogP contribution in [0.15, 0.2) is 42.7 Å². The van der Waals surface area contributed by atoms with Gasteiger partial charge in [-0.25, -0.2) is 0 Å². The predicted octanol–water partition coefficient (Wildman–Crippen LogP) is 2.03. The van der Waals surface area contributed by atoms with Gasteiger partial charge in [-0.3, -0.25) is 9.78 Å². The number of hydrogen-bond acceptors (Lipinski definition) is 6. The summed E-state index contributed by atoms with van der Waals surface area (Å²) >= 11 is 0. The number of anilines is 2. The van der Waals surface area contributed by atoms with Crippen LogP contribution in [0.5, 0.6) is 5.75 Å². The molecule has 28 heavy (non-hydrogen) atoms. The summed E-state index contributed by atoms with van der Waals surface area (Å²) < 4.78 is 5.21. The lowest BCUT2D eigenvalue weighted by Crippen LogP contribution is -2.48. The van der Waals surface area contributed by atoms with E-state index in [1.165, 1.54) is 0 Å². The lowest BCUT2D eigenvalue weighted by molar-refractivity contribution is 0.0746. The Labute approximate surface area is 166 Å². The maximum absolute atomic E-state index is 12.9. The Balaban J connectivity index is 1.55. The molecule has 2 aromatic rings. The van der Waals surface area contributed by atoms with Gasteiger partial charge in [0, 0.05) is 57.3 Å². The molecule has 1 N–H and O–H groups in total. The van der Waals surface area contributed by atoms with E-state index in [0.717, 1.165) is 43.3 Å². The Morgan fingerprint density at radius 2 is 1.86 bits per heavy atom. The van der Waals surface area contributed by atoms with Crippen LogP contribution in [0.3, 0.4) is 0 Å². The summed E-state index contributed by atoms with van der Waals surface area (Å²) in [5.74, 6) is 0.891. The highest BCUT2D eigenvalue weighted by Gasteiger charge is 2.22. The summed E-state index contributed by atoms with van der Waals surface area (Å²) in [5.41, 5.74) is 2.67. The molecule has 150 valence electrons. The van der Waals surface area contributed by atoms with Crippen molar-refractivity contribution in [1.82, 2.24) is 14.8 Å². The molecular weight excluding hydrogens is 354 g/mol.